The van der Waals surface area contributed by atoms with Crippen LogP contribution >= 0.6 is 0 Å². The maximum Gasteiger partial charge on any atom is 0.273 e. The highest BCUT2D eigenvalue weighted by Gasteiger charge is 2.17. The first-order valence-electron chi connectivity index (χ1n) is 6.96. The quantitative estimate of drug-likeness (QED) is 0.658. The Hall–Kier alpha value is -2.89. The van der Waals surface area contributed by atoms with Crippen LogP contribution in [0.3, 0.4) is 0 Å². The lowest BCUT2D eigenvalue weighted by atomic mass is 10.0. The molecule has 0 unspecified atom stereocenters. The van der Waals surface area contributed by atoms with E-state index in [2.05, 4.69) is 10.5 Å². The number of oxime groups is 1. The van der Waals surface area contributed by atoms with E-state index in [0.717, 1.165) is 0 Å². The lowest BCUT2D eigenvalue weighted by molar-refractivity contribution is -0.114. The largest absolute Gasteiger partial charge is 0.486 e. The molecule has 120 valence electrons. The summed E-state index contributed by atoms with van der Waals surface area (Å²) < 4.78 is 19.1. The molecule has 0 spiro atoms. The van der Waals surface area contributed by atoms with Crippen LogP contribution in [0.15, 0.2) is 53.7 Å². The van der Waals surface area contributed by atoms with Gasteiger partial charge in [0.1, 0.15) is 13.7 Å². The molecule has 0 saturated carbocycles. The zero-order valence-electron chi connectivity index (χ0n) is 12.9. The molecule has 0 aliphatic rings. The van der Waals surface area contributed by atoms with Gasteiger partial charge >= 0.3 is 0 Å². The summed E-state index contributed by atoms with van der Waals surface area (Å²) in [5.41, 5.74) is 1.38. The first-order chi connectivity index (χ1) is 11.2. The highest BCUT2D eigenvalue weighted by atomic mass is 19.1. The second kappa shape index (κ2) is 7.93. The first-order valence-corrected chi connectivity index (χ1v) is 6.96. The van der Waals surface area contributed by atoms with E-state index in [1.54, 1.807) is 42.5 Å². The molecule has 0 atom stereocenters. The van der Waals surface area contributed by atoms with Crippen LogP contribution in [0, 0.1) is 5.82 Å². The van der Waals surface area contributed by atoms with E-state index in [1.807, 2.05) is 0 Å². The van der Waals surface area contributed by atoms with E-state index < -0.39 is 5.82 Å². The average Bonchev–Trinajstić information content (AvgIpc) is 2.59. The Kier molecular flexibility index (Phi) is 5.68. The van der Waals surface area contributed by atoms with Crippen molar-refractivity contribution in [1.82, 2.24) is 5.32 Å². The number of nitrogens with one attached hydrogen (secondary N) is 1. The van der Waals surface area contributed by atoms with Gasteiger partial charge in [-0.05, 0) is 17.7 Å². The van der Waals surface area contributed by atoms with E-state index in [0.29, 0.717) is 11.1 Å². The molecule has 2 aromatic carbocycles. The smallest absolute Gasteiger partial charge is 0.273 e. The van der Waals surface area contributed by atoms with Gasteiger partial charge in [0.2, 0.25) is 0 Å². The van der Waals surface area contributed by atoms with Crippen molar-refractivity contribution >= 4 is 11.6 Å². The number of carbonyl (C=O) groups is 1. The molecule has 2 rings (SSSR count). The van der Waals surface area contributed by atoms with Crippen LogP contribution < -0.4 is 10.1 Å². The molecule has 2 aromatic rings. The van der Waals surface area contributed by atoms with Crippen molar-refractivity contribution in [3.63, 3.8) is 0 Å². The van der Waals surface area contributed by atoms with Gasteiger partial charge in [-0.3, -0.25) is 4.79 Å². The minimum absolute atomic E-state index is 0.0941. The number of nitrogens with zero attached hydrogens (tertiary/aromatic N) is 1. The van der Waals surface area contributed by atoms with Gasteiger partial charge < -0.3 is 14.9 Å². The predicted molar refractivity (Wildman–Crippen MR) is 84.8 cm³/mol. The molecule has 5 nitrogen and oxygen atoms in total. The SMILES string of the molecule is CNC(=O)/C(=N/OC)c1ccccc1COc1ccccc1F. The lowest BCUT2D eigenvalue weighted by Crippen LogP contribution is -2.29. The Labute approximate surface area is 133 Å². The van der Waals surface area contributed by atoms with E-state index in [-0.39, 0.29) is 24.0 Å². The minimum atomic E-state index is -0.443. The summed E-state index contributed by atoms with van der Waals surface area (Å²) in [6.07, 6.45) is 0. The van der Waals surface area contributed by atoms with Crippen LogP contribution in [-0.4, -0.2) is 25.8 Å². The van der Waals surface area contributed by atoms with Crippen molar-refractivity contribution in [3.05, 3.63) is 65.5 Å². The summed E-state index contributed by atoms with van der Waals surface area (Å²) in [6.45, 7) is 0.0941. The Morgan fingerprint density at radius 3 is 2.57 bits per heavy atom. The van der Waals surface area contributed by atoms with Crippen molar-refractivity contribution in [2.75, 3.05) is 14.2 Å². The fourth-order valence-corrected chi connectivity index (χ4v) is 2.02. The zero-order chi connectivity index (χ0) is 16.7. The Bertz CT molecular complexity index is 716. The fourth-order valence-electron chi connectivity index (χ4n) is 2.02. The van der Waals surface area contributed by atoms with Crippen LogP contribution in [0.2, 0.25) is 0 Å². The van der Waals surface area contributed by atoms with Gasteiger partial charge in [-0.15, -0.1) is 0 Å². The Morgan fingerprint density at radius 1 is 1.17 bits per heavy atom. The Morgan fingerprint density at radius 2 is 1.87 bits per heavy atom. The van der Waals surface area contributed by atoms with Gasteiger partial charge in [-0.1, -0.05) is 41.6 Å². The van der Waals surface area contributed by atoms with Gasteiger partial charge in [0.15, 0.2) is 17.3 Å². The standard InChI is InChI=1S/C17H17FN2O3/c1-19-17(21)16(20-22-2)13-8-4-3-7-12(13)11-23-15-10-6-5-9-14(15)18/h3-10H,11H2,1-2H3,(H,19,21)/b20-16+. The highest BCUT2D eigenvalue weighted by molar-refractivity contribution is 6.45. The van der Waals surface area contributed by atoms with E-state index in [9.17, 15) is 9.18 Å². The molecular formula is C17H17FN2O3. The summed E-state index contributed by atoms with van der Waals surface area (Å²) in [5.74, 6) is -0.681. The molecular weight excluding hydrogens is 299 g/mol. The van der Waals surface area contributed by atoms with E-state index >= 15 is 0 Å². The number of benzene rings is 2. The van der Waals surface area contributed by atoms with E-state index in [1.165, 1.54) is 20.2 Å². The lowest BCUT2D eigenvalue weighted by Gasteiger charge is -2.12. The normalized spacial score (nSPS) is 11.0. The number of ether oxygens (including phenoxy) is 1. The monoisotopic (exact) mass is 316 g/mol. The number of likely N-dealkylation sites (N-methyl/N-ethyl adjacent to an activating group) is 1. The topological polar surface area (TPSA) is 59.9 Å². The molecule has 1 amide bonds. The number of carbonyl (C=O) groups excluding carboxylic acids is 1. The van der Waals surface area contributed by atoms with Crippen LogP contribution in [0.5, 0.6) is 5.75 Å². The first kappa shape index (κ1) is 16.5. The molecule has 0 saturated heterocycles. The predicted octanol–water partition coefficient (Wildman–Crippen LogP) is 2.50. The molecule has 0 bridgehead atoms. The van der Waals surface area contributed by atoms with Crippen molar-refractivity contribution in [2.45, 2.75) is 6.61 Å². The molecule has 1 N–H and O–H groups in total. The molecule has 0 radical (unpaired) electrons. The second-order valence-corrected chi connectivity index (χ2v) is 4.58. The van der Waals surface area contributed by atoms with Gasteiger partial charge in [-0.2, -0.15) is 0 Å². The number of hydrogen-bond donors (Lipinski definition) is 1. The third-order valence-corrected chi connectivity index (χ3v) is 3.12. The van der Waals surface area contributed by atoms with E-state index in [4.69, 9.17) is 9.57 Å². The molecule has 0 heterocycles. The summed E-state index contributed by atoms with van der Waals surface area (Å²) in [4.78, 5) is 16.7. The van der Waals surface area contributed by atoms with Gasteiger partial charge in [0, 0.05) is 12.6 Å². The van der Waals surface area contributed by atoms with Gasteiger partial charge in [0.25, 0.3) is 5.91 Å². The van der Waals surface area contributed by atoms with Crippen molar-refractivity contribution < 1.29 is 18.8 Å². The maximum atomic E-state index is 13.6. The van der Waals surface area contributed by atoms with Gasteiger partial charge in [-0.25, -0.2) is 4.39 Å². The summed E-state index contributed by atoms with van der Waals surface area (Å²) >= 11 is 0. The second-order valence-electron chi connectivity index (χ2n) is 4.58. The van der Waals surface area contributed by atoms with Gasteiger partial charge in [0.05, 0.1) is 0 Å². The van der Waals surface area contributed by atoms with Crippen LogP contribution in [0.25, 0.3) is 0 Å². The minimum Gasteiger partial charge on any atom is -0.486 e. The molecule has 0 aromatic heterocycles. The number of halogens is 1. The van der Waals surface area contributed by atoms with Crippen molar-refractivity contribution in [3.8, 4) is 5.75 Å². The summed E-state index contributed by atoms with van der Waals surface area (Å²) in [5, 5.41) is 6.28. The molecule has 0 aliphatic heterocycles. The third-order valence-electron chi connectivity index (χ3n) is 3.12. The number of para-hydroxylation sites is 1. The molecule has 6 heteroatoms. The van der Waals surface area contributed by atoms with Crippen LogP contribution in [-0.2, 0) is 16.2 Å². The molecule has 23 heavy (non-hydrogen) atoms. The summed E-state index contributed by atoms with van der Waals surface area (Å²) in [7, 11) is 2.87. The zero-order valence-corrected chi connectivity index (χ0v) is 12.9. The number of hydrogen-bond acceptors (Lipinski definition) is 4. The fraction of sp³-hybridized carbons (Fsp3) is 0.176. The maximum absolute atomic E-state index is 13.6. The van der Waals surface area contributed by atoms with Crippen molar-refractivity contribution in [1.29, 1.82) is 0 Å². The Balaban J connectivity index is 2.28. The number of rotatable bonds is 6. The highest BCUT2D eigenvalue weighted by Crippen LogP contribution is 2.19. The average molecular weight is 316 g/mol. The summed E-state index contributed by atoms with van der Waals surface area (Å²) in [6, 6.07) is 13.2. The van der Waals surface area contributed by atoms with Crippen LogP contribution in [0.4, 0.5) is 4.39 Å². The van der Waals surface area contributed by atoms with Crippen molar-refractivity contribution in [2.24, 2.45) is 5.16 Å². The third kappa shape index (κ3) is 4.06. The van der Waals surface area contributed by atoms with Crippen LogP contribution in [0.1, 0.15) is 11.1 Å². The molecule has 0 aliphatic carbocycles. The molecule has 0 fully saturated rings. The number of amides is 1.